The molecule has 1 fully saturated rings. The van der Waals surface area contributed by atoms with Crippen molar-refractivity contribution in [3.8, 4) is 0 Å². The Kier molecular flexibility index (Phi) is 4.38. The van der Waals surface area contributed by atoms with Gasteiger partial charge in [0.15, 0.2) is 0 Å². The van der Waals surface area contributed by atoms with Gasteiger partial charge in [-0.1, -0.05) is 28.1 Å². The van der Waals surface area contributed by atoms with Gasteiger partial charge >= 0.3 is 0 Å². The number of hydrogen-bond acceptors (Lipinski definition) is 2. The van der Waals surface area contributed by atoms with Crippen molar-refractivity contribution in [1.82, 2.24) is 10.6 Å². The van der Waals surface area contributed by atoms with Gasteiger partial charge in [0.25, 0.3) is 0 Å². The van der Waals surface area contributed by atoms with Crippen LogP contribution in [0.2, 0.25) is 0 Å². The number of nitrogens with one attached hydrogen (secondary N) is 2. The normalized spacial score (nSPS) is 22.2. The molecule has 0 amide bonds. The van der Waals surface area contributed by atoms with Gasteiger partial charge in [-0.15, -0.1) is 0 Å². The van der Waals surface area contributed by atoms with E-state index in [0.717, 1.165) is 11.0 Å². The molecule has 0 bridgehead atoms. The van der Waals surface area contributed by atoms with Crippen LogP contribution in [0.15, 0.2) is 28.7 Å². The average Bonchev–Trinajstić information content (AvgIpc) is 2.78. The first-order valence-corrected chi connectivity index (χ1v) is 6.77. The Bertz CT molecular complexity index is 334. The molecule has 1 aromatic rings. The summed E-state index contributed by atoms with van der Waals surface area (Å²) in [5.41, 5.74) is 1.34. The fourth-order valence-electron chi connectivity index (χ4n) is 2.14. The van der Waals surface area contributed by atoms with Gasteiger partial charge in [-0.3, -0.25) is 0 Å². The molecule has 0 spiro atoms. The van der Waals surface area contributed by atoms with Gasteiger partial charge in [0.05, 0.1) is 0 Å². The second kappa shape index (κ2) is 5.80. The number of halogens is 1. The van der Waals surface area contributed by atoms with Crippen LogP contribution in [0, 0.1) is 0 Å². The van der Waals surface area contributed by atoms with E-state index in [1.165, 1.54) is 24.9 Å². The lowest BCUT2D eigenvalue weighted by molar-refractivity contribution is 0.490. The maximum Gasteiger partial charge on any atom is 0.0292 e. The highest BCUT2D eigenvalue weighted by Gasteiger charge is 2.14. The van der Waals surface area contributed by atoms with Gasteiger partial charge in [-0.25, -0.2) is 0 Å². The molecular formula is C13H19BrN2. The van der Waals surface area contributed by atoms with Gasteiger partial charge in [0.2, 0.25) is 0 Å². The van der Waals surface area contributed by atoms with Crippen LogP contribution in [0.1, 0.15) is 31.4 Å². The van der Waals surface area contributed by atoms with Crippen molar-refractivity contribution in [2.75, 3.05) is 13.1 Å². The largest absolute Gasteiger partial charge is 0.313 e. The zero-order valence-corrected chi connectivity index (χ0v) is 11.3. The van der Waals surface area contributed by atoms with E-state index in [0.29, 0.717) is 12.1 Å². The van der Waals surface area contributed by atoms with E-state index in [2.05, 4.69) is 57.8 Å². The van der Waals surface area contributed by atoms with Crippen LogP contribution in [-0.2, 0) is 0 Å². The number of hydrogen-bond donors (Lipinski definition) is 2. The van der Waals surface area contributed by atoms with Crippen LogP contribution in [0.25, 0.3) is 0 Å². The van der Waals surface area contributed by atoms with Crippen molar-refractivity contribution in [1.29, 1.82) is 0 Å². The van der Waals surface area contributed by atoms with Crippen molar-refractivity contribution >= 4 is 15.9 Å². The highest BCUT2D eigenvalue weighted by Crippen LogP contribution is 2.18. The molecule has 2 nitrogen and oxygen atoms in total. The topological polar surface area (TPSA) is 24.1 Å². The SMILES string of the molecule is C[C@@H](NCC1CCCN1)c1cccc(Br)c1. The van der Waals surface area contributed by atoms with E-state index in [1.807, 2.05) is 0 Å². The fourth-order valence-corrected chi connectivity index (χ4v) is 2.56. The summed E-state index contributed by atoms with van der Waals surface area (Å²) in [7, 11) is 0. The Balaban J connectivity index is 1.85. The highest BCUT2D eigenvalue weighted by atomic mass is 79.9. The summed E-state index contributed by atoms with van der Waals surface area (Å²) in [5.74, 6) is 0. The van der Waals surface area contributed by atoms with Gasteiger partial charge in [-0.2, -0.15) is 0 Å². The van der Waals surface area contributed by atoms with Gasteiger partial charge < -0.3 is 10.6 Å². The summed E-state index contributed by atoms with van der Waals surface area (Å²) in [6, 6.07) is 9.58. The number of benzene rings is 1. The first-order valence-electron chi connectivity index (χ1n) is 5.98. The monoisotopic (exact) mass is 282 g/mol. The molecule has 16 heavy (non-hydrogen) atoms. The van der Waals surface area contributed by atoms with Crippen LogP contribution in [-0.4, -0.2) is 19.1 Å². The molecule has 1 aromatic carbocycles. The molecule has 1 aliphatic rings. The second-order valence-electron chi connectivity index (χ2n) is 4.48. The first-order chi connectivity index (χ1) is 7.75. The van der Waals surface area contributed by atoms with Crippen LogP contribution in [0.3, 0.4) is 0 Å². The number of rotatable bonds is 4. The molecule has 88 valence electrons. The van der Waals surface area contributed by atoms with Crippen molar-refractivity contribution < 1.29 is 0 Å². The Hall–Kier alpha value is -0.380. The molecule has 2 rings (SSSR count). The maximum absolute atomic E-state index is 3.58. The third kappa shape index (κ3) is 3.30. The molecular weight excluding hydrogens is 264 g/mol. The lowest BCUT2D eigenvalue weighted by Crippen LogP contribution is -2.35. The smallest absolute Gasteiger partial charge is 0.0292 e. The Labute approximate surface area is 106 Å². The minimum absolute atomic E-state index is 0.417. The predicted molar refractivity (Wildman–Crippen MR) is 71.6 cm³/mol. The Morgan fingerprint density at radius 2 is 2.44 bits per heavy atom. The summed E-state index contributed by atoms with van der Waals surface area (Å²) < 4.78 is 1.15. The zero-order chi connectivity index (χ0) is 11.4. The highest BCUT2D eigenvalue weighted by molar-refractivity contribution is 9.10. The standard InChI is InChI=1S/C13H19BrN2/c1-10(11-4-2-5-12(14)8-11)16-9-13-6-3-7-15-13/h2,4-5,8,10,13,15-16H,3,6-7,9H2,1H3/t10-,13?/m1/s1. The molecule has 1 aliphatic heterocycles. The van der Waals surface area contributed by atoms with Crippen LogP contribution in [0.4, 0.5) is 0 Å². The third-order valence-corrected chi connectivity index (χ3v) is 3.67. The van der Waals surface area contributed by atoms with E-state index in [9.17, 15) is 0 Å². The van der Waals surface area contributed by atoms with E-state index in [1.54, 1.807) is 0 Å². The Morgan fingerprint density at radius 1 is 1.56 bits per heavy atom. The van der Waals surface area contributed by atoms with Gasteiger partial charge in [0, 0.05) is 23.1 Å². The van der Waals surface area contributed by atoms with Crippen molar-refractivity contribution in [2.45, 2.75) is 31.8 Å². The lowest BCUT2D eigenvalue weighted by atomic mass is 10.1. The molecule has 0 aliphatic carbocycles. The quantitative estimate of drug-likeness (QED) is 0.888. The van der Waals surface area contributed by atoms with Gasteiger partial charge in [-0.05, 0) is 44.0 Å². The summed E-state index contributed by atoms with van der Waals surface area (Å²) in [4.78, 5) is 0. The second-order valence-corrected chi connectivity index (χ2v) is 5.39. The molecule has 2 N–H and O–H groups in total. The van der Waals surface area contributed by atoms with Gasteiger partial charge in [0.1, 0.15) is 0 Å². The molecule has 0 saturated carbocycles. The average molecular weight is 283 g/mol. The van der Waals surface area contributed by atoms with E-state index in [4.69, 9.17) is 0 Å². The molecule has 0 radical (unpaired) electrons. The van der Waals surface area contributed by atoms with E-state index in [-0.39, 0.29) is 0 Å². The first kappa shape index (κ1) is 12.1. The van der Waals surface area contributed by atoms with Crippen LogP contribution >= 0.6 is 15.9 Å². The molecule has 3 heteroatoms. The summed E-state index contributed by atoms with van der Waals surface area (Å²) in [6.45, 7) is 4.46. The van der Waals surface area contributed by atoms with Crippen LogP contribution in [0.5, 0.6) is 0 Å². The third-order valence-electron chi connectivity index (χ3n) is 3.18. The molecule has 1 heterocycles. The Morgan fingerprint density at radius 3 is 3.12 bits per heavy atom. The molecule has 2 atom stereocenters. The molecule has 1 unspecified atom stereocenters. The lowest BCUT2D eigenvalue weighted by Gasteiger charge is -2.18. The minimum Gasteiger partial charge on any atom is -0.313 e. The molecule has 0 aromatic heterocycles. The summed E-state index contributed by atoms with van der Waals surface area (Å²) >= 11 is 3.51. The van der Waals surface area contributed by atoms with Crippen molar-refractivity contribution in [3.63, 3.8) is 0 Å². The van der Waals surface area contributed by atoms with Crippen molar-refractivity contribution in [2.24, 2.45) is 0 Å². The minimum atomic E-state index is 0.417. The fraction of sp³-hybridized carbons (Fsp3) is 0.538. The summed E-state index contributed by atoms with van der Waals surface area (Å²) in [6.07, 6.45) is 2.62. The van der Waals surface area contributed by atoms with Crippen LogP contribution < -0.4 is 10.6 Å². The summed E-state index contributed by atoms with van der Waals surface area (Å²) in [5, 5.41) is 7.09. The maximum atomic E-state index is 3.58. The zero-order valence-electron chi connectivity index (χ0n) is 9.67. The predicted octanol–water partition coefficient (Wildman–Crippen LogP) is 2.85. The molecule has 1 saturated heterocycles. The van der Waals surface area contributed by atoms with E-state index >= 15 is 0 Å². The van der Waals surface area contributed by atoms with Crippen molar-refractivity contribution in [3.05, 3.63) is 34.3 Å². The van der Waals surface area contributed by atoms with E-state index < -0.39 is 0 Å².